The molecule has 6 heteroatoms. The Bertz CT molecular complexity index is 348. The number of nitriles is 1. The average Bonchev–Trinajstić information content (AvgIpc) is 2.63. The quantitative estimate of drug-likeness (QED) is 0.655. The van der Waals surface area contributed by atoms with E-state index in [-0.39, 0.29) is 5.92 Å². The highest BCUT2D eigenvalue weighted by molar-refractivity contribution is 7.88. The summed E-state index contributed by atoms with van der Waals surface area (Å²) in [6.07, 6.45) is 5.05. The third-order valence-electron chi connectivity index (χ3n) is 2.81. The molecule has 1 fully saturated rings. The van der Waals surface area contributed by atoms with E-state index in [9.17, 15) is 8.42 Å². The Morgan fingerprint density at radius 1 is 1.38 bits per heavy atom. The lowest BCUT2D eigenvalue weighted by molar-refractivity contribution is 0.460. The number of rotatable bonds is 6. The van der Waals surface area contributed by atoms with Gasteiger partial charge in [-0.15, -0.1) is 0 Å². The van der Waals surface area contributed by atoms with Gasteiger partial charge in [-0.3, -0.25) is 0 Å². The molecule has 2 atom stereocenters. The standard InChI is InChI=1S/C10H19N3O2S/c1-16(14,15)13-7-3-6-12-10-5-2-4-9(10)8-11/h9-10,12-13H,2-7H2,1H3. The van der Waals surface area contributed by atoms with Crippen molar-refractivity contribution in [2.75, 3.05) is 19.3 Å². The predicted molar refractivity (Wildman–Crippen MR) is 62.2 cm³/mol. The molecule has 92 valence electrons. The topological polar surface area (TPSA) is 82.0 Å². The Morgan fingerprint density at radius 3 is 2.75 bits per heavy atom. The van der Waals surface area contributed by atoms with E-state index in [0.29, 0.717) is 12.6 Å². The van der Waals surface area contributed by atoms with E-state index < -0.39 is 10.0 Å². The van der Waals surface area contributed by atoms with E-state index in [1.807, 2.05) is 0 Å². The van der Waals surface area contributed by atoms with E-state index in [1.54, 1.807) is 0 Å². The van der Waals surface area contributed by atoms with Crippen LogP contribution < -0.4 is 10.0 Å². The molecule has 16 heavy (non-hydrogen) atoms. The average molecular weight is 245 g/mol. The second-order valence-corrected chi connectivity index (χ2v) is 6.08. The molecule has 2 unspecified atom stereocenters. The van der Waals surface area contributed by atoms with Gasteiger partial charge in [0, 0.05) is 12.6 Å². The van der Waals surface area contributed by atoms with Crippen LogP contribution in [0.2, 0.25) is 0 Å². The number of hydrogen-bond donors (Lipinski definition) is 2. The monoisotopic (exact) mass is 245 g/mol. The first-order valence-electron chi connectivity index (χ1n) is 5.60. The van der Waals surface area contributed by atoms with Gasteiger partial charge in [0.1, 0.15) is 0 Å². The second-order valence-electron chi connectivity index (χ2n) is 4.25. The van der Waals surface area contributed by atoms with Crippen LogP contribution in [0.3, 0.4) is 0 Å². The summed E-state index contributed by atoms with van der Waals surface area (Å²) in [5.74, 6) is 0.128. The molecule has 0 radical (unpaired) electrons. The summed E-state index contributed by atoms with van der Waals surface area (Å²) in [4.78, 5) is 0. The summed E-state index contributed by atoms with van der Waals surface area (Å²) in [6.45, 7) is 1.21. The first-order valence-corrected chi connectivity index (χ1v) is 7.50. The van der Waals surface area contributed by atoms with E-state index in [2.05, 4.69) is 16.1 Å². The lowest BCUT2D eigenvalue weighted by atomic mass is 10.1. The van der Waals surface area contributed by atoms with Crippen molar-refractivity contribution in [1.82, 2.24) is 10.0 Å². The third-order valence-corrected chi connectivity index (χ3v) is 3.53. The fraction of sp³-hybridized carbons (Fsp3) is 0.900. The van der Waals surface area contributed by atoms with Crippen LogP contribution in [0, 0.1) is 17.2 Å². The molecule has 0 amide bonds. The van der Waals surface area contributed by atoms with Gasteiger partial charge in [0.25, 0.3) is 0 Å². The molecule has 0 heterocycles. The lowest BCUT2D eigenvalue weighted by Gasteiger charge is -2.15. The van der Waals surface area contributed by atoms with Gasteiger partial charge in [0.15, 0.2) is 0 Å². The Balaban J connectivity index is 2.10. The molecule has 0 aliphatic heterocycles. The fourth-order valence-electron chi connectivity index (χ4n) is 1.99. The van der Waals surface area contributed by atoms with Crippen molar-refractivity contribution in [3.8, 4) is 6.07 Å². The number of hydrogen-bond acceptors (Lipinski definition) is 4. The molecule has 0 saturated heterocycles. The molecule has 0 aromatic rings. The summed E-state index contributed by atoms with van der Waals surface area (Å²) in [6, 6.07) is 2.60. The smallest absolute Gasteiger partial charge is 0.208 e. The molecule has 0 bridgehead atoms. The van der Waals surface area contributed by atoms with Crippen LogP contribution in [-0.2, 0) is 10.0 Å². The lowest BCUT2D eigenvalue weighted by Crippen LogP contribution is -2.34. The molecule has 1 aliphatic carbocycles. The van der Waals surface area contributed by atoms with Crippen LogP contribution in [0.1, 0.15) is 25.7 Å². The van der Waals surface area contributed by atoms with Crippen LogP contribution in [0.4, 0.5) is 0 Å². The molecule has 0 aromatic heterocycles. The maximum Gasteiger partial charge on any atom is 0.208 e. The second kappa shape index (κ2) is 6.18. The Kier molecular flexibility index (Phi) is 5.19. The molecule has 0 aromatic carbocycles. The molecule has 5 nitrogen and oxygen atoms in total. The van der Waals surface area contributed by atoms with Gasteiger partial charge >= 0.3 is 0 Å². The number of nitrogens with one attached hydrogen (secondary N) is 2. The zero-order valence-corrected chi connectivity index (χ0v) is 10.4. The maximum absolute atomic E-state index is 10.8. The number of sulfonamides is 1. The minimum absolute atomic E-state index is 0.128. The molecule has 0 spiro atoms. The zero-order chi connectivity index (χ0) is 12.0. The summed E-state index contributed by atoms with van der Waals surface area (Å²) in [7, 11) is -3.07. The van der Waals surface area contributed by atoms with Crippen molar-refractivity contribution in [2.45, 2.75) is 31.7 Å². The van der Waals surface area contributed by atoms with Crippen molar-refractivity contribution in [2.24, 2.45) is 5.92 Å². The molecular weight excluding hydrogens is 226 g/mol. The predicted octanol–water partition coefficient (Wildman–Crippen LogP) is 0.208. The molecule has 2 N–H and O–H groups in total. The Hall–Kier alpha value is -0.640. The van der Waals surface area contributed by atoms with Gasteiger partial charge in [-0.05, 0) is 25.8 Å². The maximum atomic E-state index is 10.8. The molecule has 1 saturated carbocycles. The SMILES string of the molecule is CS(=O)(=O)NCCCNC1CCCC1C#N. The first-order chi connectivity index (χ1) is 7.53. The molecular formula is C10H19N3O2S. The van der Waals surface area contributed by atoms with Crippen molar-refractivity contribution in [3.63, 3.8) is 0 Å². The first kappa shape index (κ1) is 13.4. The van der Waals surface area contributed by atoms with Crippen LogP contribution in [0.5, 0.6) is 0 Å². The van der Waals surface area contributed by atoms with Crippen molar-refractivity contribution >= 4 is 10.0 Å². The molecule has 1 aliphatic rings. The largest absolute Gasteiger partial charge is 0.313 e. The van der Waals surface area contributed by atoms with Gasteiger partial charge in [-0.2, -0.15) is 5.26 Å². The Morgan fingerprint density at radius 2 is 2.12 bits per heavy atom. The Labute approximate surface area is 97.3 Å². The normalized spacial score (nSPS) is 25.5. The highest BCUT2D eigenvalue weighted by Crippen LogP contribution is 2.24. The minimum atomic E-state index is -3.07. The van der Waals surface area contributed by atoms with Crippen LogP contribution in [0.25, 0.3) is 0 Å². The van der Waals surface area contributed by atoms with E-state index >= 15 is 0 Å². The van der Waals surface area contributed by atoms with Crippen LogP contribution in [-0.4, -0.2) is 33.8 Å². The zero-order valence-electron chi connectivity index (χ0n) is 9.57. The van der Waals surface area contributed by atoms with Crippen molar-refractivity contribution < 1.29 is 8.42 Å². The van der Waals surface area contributed by atoms with Crippen molar-refractivity contribution in [1.29, 1.82) is 5.26 Å². The van der Waals surface area contributed by atoms with Crippen LogP contribution >= 0.6 is 0 Å². The summed E-state index contributed by atoms with van der Waals surface area (Å²) in [5.41, 5.74) is 0. The van der Waals surface area contributed by atoms with E-state index in [0.717, 1.165) is 38.5 Å². The molecule has 1 rings (SSSR count). The van der Waals surface area contributed by atoms with Crippen LogP contribution in [0.15, 0.2) is 0 Å². The van der Waals surface area contributed by atoms with Gasteiger partial charge in [-0.1, -0.05) is 6.42 Å². The fourth-order valence-corrected chi connectivity index (χ4v) is 2.51. The van der Waals surface area contributed by atoms with Gasteiger partial charge < -0.3 is 5.32 Å². The van der Waals surface area contributed by atoms with E-state index in [1.165, 1.54) is 0 Å². The van der Waals surface area contributed by atoms with Crippen molar-refractivity contribution in [3.05, 3.63) is 0 Å². The summed E-state index contributed by atoms with van der Waals surface area (Å²) in [5, 5.41) is 12.2. The summed E-state index contributed by atoms with van der Waals surface area (Å²) < 4.78 is 24.0. The number of nitrogens with zero attached hydrogens (tertiary/aromatic N) is 1. The van der Waals surface area contributed by atoms with Gasteiger partial charge in [0.2, 0.25) is 10.0 Å². The summed E-state index contributed by atoms with van der Waals surface area (Å²) >= 11 is 0. The van der Waals surface area contributed by atoms with Gasteiger partial charge in [0.05, 0.1) is 18.2 Å². The third kappa shape index (κ3) is 4.92. The van der Waals surface area contributed by atoms with E-state index in [4.69, 9.17) is 5.26 Å². The highest BCUT2D eigenvalue weighted by Gasteiger charge is 2.25. The minimum Gasteiger partial charge on any atom is -0.313 e. The van der Waals surface area contributed by atoms with Gasteiger partial charge in [-0.25, -0.2) is 13.1 Å². The highest BCUT2D eigenvalue weighted by atomic mass is 32.2.